The van der Waals surface area contributed by atoms with Crippen LogP contribution < -0.4 is 0 Å². The predicted octanol–water partition coefficient (Wildman–Crippen LogP) is 0.976. The minimum atomic E-state index is -0.158. The van der Waals surface area contributed by atoms with Crippen molar-refractivity contribution < 1.29 is 9.53 Å². The fourth-order valence-electron chi connectivity index (χ4n) is 2.32. The zero-order chi connectivity index (χ0) is 13.0. The largest absolute Gasteiger partial charge is 0.468 e. The first-order valence-corrected chi connectivity index (χ1v) is 6.25. The summed E-state index contributed by atoms with van der Waals surface area (Å²) in [5.74, 6) is -0.141. The fourth-order valence-corrected chi connectivity index (χ4v) is 2.32. The Morgan fingerprint density at radius 3 is 2.72 bits per heavy atom. The number of nitrogens with zero attached hydrogens (tertiary/aromatic N) is 2. The summed E-state index contributed by atoms with van der Waals surface area (Å²) in [4.78, 5) is 16.2. The average Bonchev–Trinajstić information content (AvgIpc) is 2.41. The number of benzene rings is 1. The smallest absolute Gasteiger partial charge is 0.324 e. The van der Waals surface area contributed by atoms with Crippen LogP contribution in [0.4, 0.5) is 0 Å². The van der Waals surface area contributed by atoms with Gasteiger partial charge in [0.2, 0.25) is 0 Å². The molecule has 0 N–H and O–H groups in total. The molecule has 0 aromatic heterocycles. The van der Waals surface area contributed by atoms with Crippen LogP contribution >= 0.6 is 0 Å². The molecule has 1 aliphatic rings. The summed E-state index contributed by atoms with van der Waals surface area (Å²) in [6, 6.07) is 10.1. The lowest BCUT2D eigenvalue weighted by molar-refractivity contribution is -0.149. The maximum atomic E-state index is 11.8. The van der Waals surface area contributed by atoms with Gasteiger partial charge in [-0.05, 0) is 12.6 Å². The summed E-state index contributed by atoms with van der Waals surface area (Å²) in [6.07, 6.45) is 0. The highest BCUT2D eigenvalue weighted by atomic mass is 16.5. The third kappa shape index (κ3) is 3.09. The van der Waals surface area contributed by atoms with E-state index in [1.54, 1.807) is 0 Å². The Balaban J connectivity index is 2.07. The van der Waals surface area contributed by atoms with Crippen LogP contribution in [0.3, 0.4) is 0 Å². The van der Waals surface area contributed by atoms with Crippen LogP contribution in [0, 0.1) is 0 Å². The maximum absolute atomic E-state index is 11.8. The van der Waals surface area contributed by atoms with E-state index in [0.717, 1.165) is 26.2 Å². The van der Waals surface area contributed by atoms with Crippen molar-refractivity contribution in [1.82, 2.24) is 9.80 Å². The molecule has 0 radical (unpaired) electrons. The Morgan fingerprint density at radius 2 is 2.06 bits per heavy atom. The van der Waals surface area contributed by atoms with Gasteiger partial charge in [-0.15, -0.1) is 0 Å². The molecule has 1 aromatic carbocycles. The van der Waals surface area contributed by atoms with E-state index in [4.69, 9.17) is 4.74 Å². The van der Waals surface area contributed by atoms with Gasteiger partial charge in [0.1, 0.15) is 6.04 Å². The molecule has 0 spiro atoms. The number of rotatable bonds is 3. The monoisotopic (exact) mass is 248 g/mol. The van der Waals surface area contributed by atoms with Crippen molar-refractivity contribution in [2.45, 2.75) is 12.6 Å². The van der Waals surface area contributed by atoms with E-state index in [9.17, 15) is 4.79 Å². The van der Waals surface area contributed by atoms with Crippen molar-refractivity contribution in [3.05, 3.63) is 35.9 Å². The van der Waals surface area contributed by atoms with Crippen molar-refractivity contribution in [1.29, 1.82) is 0 Å². The first-order chi connectivity index (χ1) is 8.70. The van der Waals surface area contributed by atoms with Gasteiger partial charge < -0.3 is 9.64 Å². The van der Waals surface area contributed by atoms with Crippen molar-refractivity contribution in [3.63, 3.8) is 0 Å². The van der Waals surface area contributed by atoms with Crippen molar-refractivity contribution in [3.8, 4) is 0 Å². The molecule has 1 atom stereocenters. The first-order valence-electron chi connectivity index (χ1n) is 6.25. The summed E-state index contributed by atoms with van der Waals surface area (Å²) in [7, 11) is 3.49. The molecular formula is C14H20N2O2. The van der Waals surface area contributed by atoms with Crippen LogP contribution in [0.1, 0.15) is 5.56 Å². The molecule has 0 aliphatic carbocycles. The molecule has 98 valence electrons. The Morgan fingerprint density at radius 1 is 1.33 bits per heavy atom. The fraction of sp³-hybridized carbons (Fsp3) is 0.500. The van der Waals surface area contributed by atoms with Gasteiger partial charge in [0, 0.05) is 26.2 Å². The molecule has 18 heavy (non-hydrogen) atoms. The Hall–Kier alpha value is -1.39. The van der Waals surface area contributed by atoms with E-state index in [-0.39, 0.29) is 12.0 Å². The number of methoxy groups -OCH3 is 1. The van der Waals surface area contributed by atoms with Crippen molar-refractivity contribution in [2.75, 3.05) is 33.8 Å². The highest BCUT2D eigenvalue weighted by molar-refractivity contribution is 5.76. The van der Waals surface area contributed by atoms with Crippen LogP contribution in [0.2, 0.25) is 0 Å². The Labute approximate surface area is 108 Å². The molecule has 1 aliphatic heterocycles. The molecule has 4 nitrogen and oxygen atoms in total. The number of carbonyl (C=O) groups excluding carboxylic acids is 1. The number of likely N-dealkylation sites (N-methyl/N-ethyl adjacent to an activating group) is 1. The molecule has 2 rings (SSSR count). The minimum Gasteiger partial charge on any atom is -0.468 e. The van der Waals surface area contributed by atoms with Crippen LogP contribution in [0.5, 0.6) is 0 Å². The Kier molecular flexibility index (Phi) is 4.33. The number of esters is 1. The van der Waals surface area contributed by atoms with Gasteiger partial charge in [-0.3, -0.25) is 9.69 Å². The average molecular weight is 248 g/mol. The number of hydrogen-bond donors (Lipinski definition) is 0. The zero-order valence-electron chi connectivity index (χ0n) is 11.0. The lowest BCUT2D eigenvalue weighted by Gasteiger charge is -2.38. The van der Waals surface area contributed by atoms with Gasteiger partial charge in [-0.25, -0.2) is 0 Å². The standard InChI is InChI=1S/C14H20N2O2/c1-15-8-9-16(13(11-15)14(17)18-2)10-12-6-4-3-5-7-12/h3-7,13H,8-11H2,1-2H3/t13-/m1/s1. The number of piperazine rings is 1. The summed E-state index contributed by atoms with van der Waals surface area (Å²) in [6.45, 7) is 3.42. The zero-order valence-corrected chi connectivity index (χ0v) is 11.0. The topological polar surface area (TPSA) is 32.8 Å². The van der Waals surface area contributed by atoms with E-state index >= 15 is 0 Å². The van der Waals surface area contributed by atoms with Crippen molar-refractivity contribution >= 4 is 5.97 Å². The second kappa shape index (κ2) is 5.98. The highest BCUT2D eigenvalue weighted by Crippen LogP contribution is 2.14. The third-order valence-electron chi connectivity index (χ3n) is 3.40. The lowest BCUT2D eigenvalue weighted by Crippen LogP contribution is -2.55. The second-order valence-corrected chi connectivity index (χ2v) is 4.76. The van der Waals surface area contributed by atoms with E-state index in [1.165, 1.54) is 12.7 Å². The summed E-state index contributed by atoms with van der Waals surface area (Å²) in [5.41, 5.74) is 1.23. The maximum Gasteiger partial charge on any atom is 0.324 e. The molecule has 0 bridgehead atoms. The van der Waals surface area contributed by atoms with Gasteiger partial charge in [0.05, 0.1) is 7.11 Å². The third-order valence-corrected chi connectivity index (χ3v) is 3.40. The van der Waals surface area contributed by atoms with Crippen molar-refractivity contribution in [2.24, 2.45) is 0 Å². The van der Waals surface area contributed by atoms with E-state index in [2.05, 4.69) is 21.9 Å². The molecular weight excluding hydrogens is 228 g/mol. The lowest BCUT2D eigenvalue weighted by atomic mass is 10.1. The van der Waals surface area contributed by atoms with Gasteiger partial charge in [-0.2, -0.15) is 0 Å². The summed E-state index contributed by atoms with van der Waals surface area (Å²) >= 11 is 0. The van der Waals surface area contributed by atoms with E-state index in [1.807, 2.05) is 25.2 Å². The molecule has 0 amide bonds. The van der Waals surface area contributed by atoms with Gasteiger partial charge >= 0.3 is 5.97 Å². The summed E-state index contributed by atoms with van der Waals surface area (Å²) in [5, 5.41) is 0. The number of carbonyl (C=O) groups is 1. The molecule has 4 heteroatoms. The molecule has 0 unspecified atom stereocenters. The molecule has 1 saturated heterocycles. The van der Waals surface area contributed by atoms with E-state index in [0.29, 0.717) is 0 Å². The Bertz CT molecular complexity index is 394. The molecule has 1 fully saturated rings. The SMILES string of the molecule is COC(=O)[C@H]1CN(C)CCN1Cc1ccccc1. The minimum absolute atomic E-state index is 0.141. The van der Waals surface area contributed by atoms with Gasteiger partial charge in [0.15, 0.2) is 0 Å². The van der Waals surface area contributed by atoms with Crippen LogP contribution in [0.15, 0.2) is 30.3 Å². The van der Waals surface area contributed by atoms with Crippen LogP contribution in [-0.2, 0) is 16.1 Å². The molecule has 1 heterocycles. The molecule has 0 saturated carbocycles. The first kappa shape index (κ1) is 13.1. The number of hydrogen-bond acceptors (Lipinski definition) is 4. The highest BCUT2D eigenvalue weighted by Gasteiger charge is 2.31. The second-order valence-electron chi connectivity index (χ2n) is 4.76. The predicted molar refractivity (Wildman–Crippen MR) is 70.2 cm³/mol. The van der Waals surface area contributed by atoms with Crippen LogP contribution in [-0.4, -0.2) is 55.6 Å². The van der Waals surface area contributed by atoms with Crippen LogP contribution in [0.25, 0.3) is 0 Å². The molecule has 1 aromatic rings. The summed E-state index contributed by atoms with van der Waals surface area (Å²) < 4.78 is 4.90. The van der Waals surface area contributed by atoms with Gasteiger partial charge in [-0.1, -0.05) is 30.3 Å². The quantitative estimate of drug-likeness (QED) is 0.746. The van der Waals surface area contributed by atoms with E-state index < -0.39 is 0 Å². The number of ether oxygens (including phenoxy) is 1. The normalized spacial score (nSPS) is 21.8. The van der Waals surface area contributed by atoms with Gasteiger partial charge in [0.25, 0.3) is 0 Å².